The van der Waals surface area contributed by atoms with Gasteiger partial charge < -0.3 is 20.6 Å². The van der Waals surface area contributed by atoms with E-state index >= 15 is 0 Å². The van der Waals surface area contributed by atoms with Crippen LogP contribution in [0.5, 0.6) is 0 Å². The third kappa shape index (κ3) is 4.30. The normalized spacial score (nSPS) is 27.4. The van der Waals surface area contributed by atoms with Crippen LogP contribution in [-0.2, 0) is 9.36 Å². The number of hydrogen-bond acceptors (Lipinski definition) is 3. The molecule has 0 aromatic heterocycles. The molecule has 5 N–H and O–H groups in total. The van der Waals surface area contributed by atoms with E-state index in [0.29, 0.717) is 12.8 Å². The Morgan fingerprint density at radius 2 is 2.13 bits per heavy atom. The van der Waals surface area contributed by atoms with Gasteiger partial charge in [0.05, 0.1) is 0 Å². The highest BCUT2D eigenvalue weighted by Gasteiger charge is 2.43. The van der Waals surface area contributed by atoms with Crippen molar-refractivity contribution in [2.45, 2.75) is 25.3 Å². The summed E-state index contributed by atoms with van der Waals surface area (Å²) < 4.78 is 10.5. The molecular formula is C8H16NO5P. The molecule has 1 rings (SSSR count). The summed E-state index contributed by atoms with van der Waals surface area (Å²) in [7, 11) is -3.90. The molecule has 0 bridgehead atoms. The van der Waals surface area contributed by atoms with Crippen molar-refractivity contribution >= 4 is 13.6 Å². The molecule has 1 aliphatic carbocycles. The van der Waals surface area contributed by atoms with E-state index in [4.69, 9.17) is 20.6 Å². The van der Waals surface area contributed by atoms with Crippen molar-refractivity contribution in [3.05, 3.63) is 0 Å². The first-order valence-corrected chi connectivity index (χ1v) is 6.64. The fourth-order valence-corrected chi connectivity index (χ4v) is 2.38. The monoisotopic (exact) mass is 237 g/mol. The molecule has 0 aliphatic heterocycles. The number of aliphatic carboxylic acids is 1. The lowest BCUT2D eigenvalue weighted by molar-refractivity contribution is -0.139. The highest BCUT2D eigenvalue weighted by molar-refractivity contribution is 7.51. The second-order valence-corrected chi connectivity index (χ2v) is 5.83. The van der Waals surface area contributed by atoms with Crippen LogP contribution in [0.4, 0.5) is 0 Å². The van der Waals surface area contributed by atoms with E-state index in [9.17, 15) is 9.36 Å². The first kappa shape index (κ1) is 12.6. The lowest BCUT2D eigenvalue weighted by atomic mass is 10.1. The van der Waals surface area contributed by atoms with E-state index < -0.39 is 19.6 Å². The maximum atomic E-state index is 10.5. The molecule has 0 aromatic rings. The van der Waals surface area contributed by atoms with Crippen LogP contribution in [0.15, 0.2) is 0 Å². The van der Waals surface area contributed by atoms with Crippen LogP contribution in [-0.4, -0.2) is 33.1 Å². The van der Waals surface area contributed by atoms with Gasteiger partial charge >= 0.3 is 13.6 Å². The molecule has 0 amide bonds. The summed E-state index contributed by atoms with van der Waals surface area (Å²) in [4.78, 5) is 27.7. The van der Waals surface area contributed by atoms with Gasteiger partial charge in [0.25, 0.3) is 0 Å². The Bertz CT molecular complexity index is 289. The molecule has 6 nitrogen and oxygen atoms in total. The van der Waals surface area contributed by atoms with E-state index in [1.54, 1.807) is 0 Å². The van der Waals surface area contributed by atoms with Gasteiger partial charge in [-0.2, -0.15) is 0 Å². The van der Waals surface area contributed by atoms with Gasteiger partial charge in [-0.1, -0.05) is 0 Å². The molecule has 88 valence electrons. The number of carboxylic acid groups (broad SMARTS) is 1. The first-order chi connectivity index (χ1) is 6.81. The largest absolute Gasteiger partial charge is 0.480 e. The number of nitrogens with two attached hydrogens (primary N) is 1. The van der Waals surface area contributed by atoms with Gasteiger partial charge in [-0.3, -0.25) is 9.36 Å². The van der Waals surface area contributed by atoms with E-state index in [1.165, 1.54) is 0 Å². The quantitative estimate of drug-likeness (QED) is 0.482. The molecule has 1 fully saturated rings. The summed E-state index contributed by atoms with van der Waals surface area (Å²) >= 11 is 0. The summed E-state index contributed by atoms with van der Waals surface area (Å²) in [6.45, 7) is 0. The zero-order valence-corrected chi connectivity index (χ0v) is 9.14. The molecule has 15 heavy (non-hydrogen) atoms. The molecule has 0 radical (unpaired) electrons. The average molecular weight is 237 g/mol. The van der Waals surface area contributed by atoms with Crippen molar-refractivity contribution in [1.29, 1.82) is 0 Å². The fraction of sp³-hybridized carbons (Fsp3) is 0.875. The number of rotatable bonds is 6. The van der Waals surface area contributed by atoms with Gasteiger partial charge in [-0.05, 0) is 31.1 Å². The molecule has 3 atom stereocenters. The Balaban J connectivity index is 2.17. The van der Waals surface area contributed by atoms with Gasteiger partial charge in [-0.15, -0.1) is 0 Å². The number of carboxylic acids is 1. The summed E-state index contributed by atoms with van der Waals surface area (Å²) in [6, 6.07) is -0.829. The van der Waals surface area contributed by atoms with E-state index in [1.807, 2.05) is 0 Å². The van der Waals surface area contributed by atoms with Crippen LogP contribution >= 0.6 is 7.60 Å². The first-order valence-electron chi connectivity index (χ1n) is 4.84. The fourth-order valence-electron chi connectivity index (χ4n) is 1.79. The Morgan fingerprint density at radius 1 is 1.53 bits per heavy atom. The van der Waals surface area contributed by atoms with Crippen molar-refractivity contribution in [2.24, 2.45) is 17.6 Å². The Labute approximate surface area is 87.6 Å². The molecule has 0 saturated heterocycles. The lowest BCUT2D eigenvalue weighted by Crippen LogP contribution is -2.32. The Hall–Kier alpha value is -0.420. The van der Waals surface area contributed by atoms with Crippen molar-refractivity contribution in [1.82, 2.24) is 0 Å². The van der Waals surface area contributed by atoms with E-state index in [-0.39, 0.29) is 18.0 Å². The standard InChI is InChI=1S/C8H16NO5P/c9-7(8(10)11)6-4-5(6)2-1-3-15(12,13)14/h5-7H,1-4,9H2,(H,10,11)(H2,12,13,14)/t5?,6?,7-/m1/s1. The van der Waals surface area contributed by atoms with Gasteiger partial charge in [0.2, 0.25) is 0 Å². The van der Waals surface area contributed by atoms with Gasteiger partial charge in [0.1, 0.15) is 6.04 Å². The summed E-state index contributed by atoms with van der Waals surface area (Å²) in [5, 5.41) is 8.62. The smallest absolute Gasteiger partial charge is 0.325 e. The molecule has 7 heteroatoms. The third-order valence-corrected chi connectivity index (χ3v) is 3.65. The molecule has 1 saturated carbocycles. The minimum atomic E-state index is -3.90. The van der Waals surface area contributed by atoms with Crippen LogP contribution < -0.4 is 5.73 Å². The molecular weight excluding hydrogens is 221 g/mol. The average Bonchev–Trinajstić information content (AvgIpc) is 2.80. The van der Waals surface area contributed by atoms with Gasteiger partial charge in [-0.25, -0.2) is 0 Å². The zero-order chi connectivity index (χ0) is 11.6. The van der Waals surface area contributed by atoms with Crippen LogP contribution in [0, 0.1) is 11.8 Å². The number of carbonyl (C=O) groups is 1. The van der Waals surface area contributed by atoms with Crippen LogP contribution in [0.1, 0.15) is 19.3 Å². The molecule has 2 unspecified atom stereocenters. The maximum Gasteiger partial charge on any atom is 0.325 e. The minimum absolute atomic E-state index is 0.0146. The molecule has 0 heterocycles. The molecule has 0 aromatic carbocycles. The summed E-state index contributed by atoms with van der Waals surface area (Å²) in [6.07, 6.45) is 1.71. The zero-order valence-electron chi connectivity index (χ0n) is 8.24. The summed E-state index contributed by atoms with van der Waals surface area (Å²) in [5.41, 5.74) is 5.42. The van der Waals surface area contributed by atoms with Crippen molar-refractivity contribution in [3.8, 4) is 0 Å². The minimum Gasteiger partial charge on any atom is -0.480 e. The van der Waals surface area contributed by atoms with Crippen molar-refractivity contribution in [3.63, 3.8) is 0 Å². The topological polar surface area (TPSA) is 121 Å². The van der Waals surface area contributed by atoms with Gasteiger partial charge in [0.15, 0.2) is 0 Å². The predicted octanol–water partition coefficient (Wildman–Crippen LogP) is -0.00770. The lowest BCUT2D eigenvalue weighted by Gasteiger charge is -2.05. The third-order valence-electron chi connectivity index (χ3n) is 2.75. The highest BCUT2D eigenvalue weighted by Crippen LogP contribution is 2.45. The second-order valence-electron chi connectivity index (χ2n) is 4.05. The van der Waals surface area contributed by atoms with Crippen LogP contribution in [0.2, 0.25) is 0 Å². The second kappa shape index (κ2) is 4.61. The number of hydrogen-bond donors (Lipinski definition) is 4. The van der Waals surface area contributed by atoms with Crippen LogP contribution in [0.25, 0.3) is 0 Å². The Kier molecular flexibility index (Phi) is 3.89. The maximum absolute atomic E-state index is 10.5. The van der Waals surface area contributed by atoms with E-state index in [2.05, 4.69) is 0 Å². The highest BCUT2D eigenvalue weighted by atomic mass is 31.2. The van der Waals surface area contributed by atoms with E-state index in [0.717, 1.165) is 6.42 Å². The summed E-state index contributed by atoms with van der Waals surface area (Å²) in [5.74, 6) is -0.792. The molecule has 1 aliphatic rings. The van der Waals surface area contributed by atoms with Crippen LogP contribution in [0.3, 0.4) is 0 Å². The van der Waals surface area contributed by atoms with Crippen molar-refractivity contribution in [2.75, 3.05) is 6.16 Å². The molecule has 0 spiro atoms. The Morgan fingerprint density at radius 3 is 2.60 bits per heavy atom. The SMILES string of the molecule is N[C@@H](C(=O)O)C1CC1CCCP(=O)(O)O. The van der Waals surface area contributed by atoms with Gasteiger partial charge in [0, 0.05) is 6.16 Å². The predicted molar refractivity (Wildman–Crippen MR) is 53.4 cm³/mol. The van der Waals surface area contributed by atoms with Crippen molar-refractivity contribution < 1.29 is 24.3 Å².